The topological polar surface area (TPSA) is 40.5 Å². The second kappa shape index (κ2) is 5.08. The van der Waals surface area contributed by atoms with E-state index in [2.05, 4.69) is 4.90 Å². The Morgan fingerprint density at radius 1 is 1.33 bits per heavy atom. The predicted molar refractivity (Wildman–Crippen MR) is 58.7 cm³/mol. The molecule has 2 aliphatic rings. The first kappa shape index (κ1) is 11.1. The van der Waals surface area contributed by atoms with Gasteiger partial charge in [-0.1, -0.05) is 0 Å². The van der Waals surface area contributed by atoms with Gasteiger partial charge in [0.25, 0.3) is 0 Å². The molecule has 2 unspecified atom stereocenters. The standard InChI is InChI=1S/C12H21NO2/c14-8-6-10-4-2-7-13(10)11-3-1-5-12(15)9-11/h10-11,14H,1-9H2. The summed E-state index contributed by atoms with van der Waals surface area (Å²) in [5, 5.41) is 9.00. The zero-order chi connectivity index (χ0) is 10.7. The van der Waals surface area contributed by atoms with E-state index < -0.39 is 0 Å². The molecule has 0 amide bonds. The molecule has 2 atom stereocenters. The van der Waals surface area contributed by atoms with Crippen molar-refractivity contribution in [3.63, 3.8) is 0 Å². The maximum absolute atomic E-state index is 11.4. The van der Waals surface area contributed by atoms with Crippen LogP contribution in [0.3, 0.4) is 0 Å². The third-order valence-electron chi connectivity index (χ3n) is 3.81. The van der Waals surface area contributed by atoms with Crippen LogP contribution < -0.4 is 0 Å². The van der Waals surface area contributed by atoms with E-state index in [9.17, 15) is 4.79 Å². The molecule has 0 bridgehead atoms. The number of Topliss-reactive ketones (excluding diaryl/α,β-unsaturated/α-hetero) is 1. The lowest BCUT2D eigenvalue weighted by Gasteiger charge is -2.34. The number of nitrogens with zero attached hydrogens (tertiary/aromatic N) is 1. The van der Waals surface area contributed by atoms with Crippen LogP contribution in [0.25, 0.3) is 0 Å². The number of carbonyl (C=O) groups excluding carboxylic acids is 1. The van der Waals surface area contributed by atoms with Gasteiger partial charge in [-0.25, -0.2) is 0 Å². The van der Waals surface area contributed by atoms with Gasteiger partial charge in [0.1, 0.15) is 5.78 Å². The van der Waals surface area contributed by atoms with Crippen LogP contribution in [0.15, 0.2) is 0 Å². The maximum atomic E-state index is 11.4. The second-order valence-corrected chi connectivity index (χ2v) is 4.84. The summed E-state index contributed by atoms with van der Waals surface area (Å²) in [6.45, 7) is 1.41. The van der Waals surface area contributed by atoms with E-state index in [1.807, 2.05) is 0 Å². The van der Waals surface area contributed by atoms with E-state index in [0.29, 0.717) is 17.9 Å². The quantitative estimate of drug-likeness (QED) is 0.766. The first-order chi connectivity index (χ1) is 7.31. The number of likely N-dealkylation sites (tertiary alicyclic amines) is 1. The van der Waals surface area contributed by atoms with Crippen molar-refractivity contribution < 1.29 is 9.90 Å². The summed E-state index contributed by atoms with van der Waals surface area (Å²) in [5.41, 5.74) is 0. The molecule has 1 heterocycles. The normalized spacial score (nSPS) is 33.5. The van der Waals surface area contributed by atoms with Gasteiger partial charge in [0, 0.05) is 31.5 Å². The van der Waals surface area contributed by atoms with Crippen molar-refractivity contribution in [1.29, 1.82) is 0 Å². The van der Waals surface area contributed by atoms with Crippen molar-refractivity contribution in [2.75, 3.05) is 13.2 Å². The molecule has 3 heteroatoms. The van der Waals surface area contributed by atoms with Gasteiger partial charge in [-0.3, -0.25) is 9.69 Å². The van der Waals surface area contributed by atoms with Crippen molar-refractivity contribution in [2.45, 2.75) is 57.0 Å². The average Bonchev–Trinajstić information content (AvgIpc) is 2.66. The Morgan fingerprint density at radius 2 is 2.20 bits per heavy atom. The fraction of sp³-hybridized carbons (Fsp3) is 0.917. The lowest BCUT2D eigenvalue weighted by Crippen LogP contribution is -2.42. The van der Waals surface area contributed by atoms with E-state index in [0.717, 1.165) is 32.2 Å². The van der Waals surface area contributed by atoms with Gasteiger partial charge in [0.05, 0.1) is 0 Å². The monoisotopic (exact) mass is 211 g/mol. The van der Waals surface area contributed by atoms with E-state index in [1.54, 1.807) is 0 Å². The molecule has 1 saturated carbocycles. The highest BCUT2D eigenvalue weighted by Gasteiger charge is 2.32. The summed E-state index contributed by atoms with van der Waals surface area (Å²) in [4.78, 5) is 13.9. The van der Waals surface area contributed by atoms with Gasteiger partial charge in [-0.2, -0.15) is 0 Å². The largest absolute Gasteiger partial charge is 0.396 e. The average molecular weight is 211 g/mol. The molecule has 1 aliphatic carbocycles. The van der Waals surface area contributed by atoms with Crippen LogP contribution in [0.5, 0.6) is 0 Å². The Bertz CT molecular complexity index is 230. The fourth-order valence-corrected chi connectivity index (χ4v) is 3.08. The Kier molecular flexibility index (Phi) is 3.76. The number of carbonyl (C=O) groups is 1. The van der Waals surface area contributed by atoms with E-state index in [4.69, 9.17) is 5.11 Å². The molecular weight excluding hydrogens is 190 g/mol. The Labute approximate surface area is 91.5 Å². The minimum atomic E-state index is 0.280. The Balaban J connectivity index is 1.93. The van der Waals surface area contributed by atoms with Gasteiger partial charge in [0.2, 0.25) is 0 Å². The van der Waals surface area contributed by atoms with Gasteiger partial charge in [0.15, 0.2) is 0 Å². The summed E-state index contributed by atoms with van der Waals surface area (Å²) < 4.78 is 0. The van der Waals surface area contributed by atoms with Crippen LogP contribution in [0.4, 0.5) is 0 Å². The summed E-state index contributed by atoms with van der Waals surface area (Å²) >= 11 is 0. The molecule has 1 N–H and O–H groups in total. The SMILES string of the molecule is O=C1CCCC(N2CCCC2CCO)C1. The molecule has 2 rings (SSSR count). The number of hydrogen-bond acceptors (Lipinski definition) is 3. The van der Waals surface area contributed by atoms with E-state index >= 15 is 0 Å². The first-order valence-corrected chi connectivity index (χ1v) is 6.19. The molecule has 2 fully saturated rings. The summed E-state index contributed by atoms with van der Waals surface area (Å²) in [6, 6.07) is 1.01. The molecule has 1 aliphatic heterocycles. The fourth-order valence-electron chi connectivity index (χ4n) is 3.08. The lowest BCUT2D eigenvalue weighted by atomic mass is 9.92. The first-order valence-electron chi connectivity index (χ1n) is 6.19. The van der Waals surface area contributed by atoms with Crippen molar-refractivity contribution >= 4 is 5.78 Å². The number of aliphatic hydroxyl groups excluding tert-OH is 1. The maximum Gasteiger partial charge on any atom is 0.134 e. The van der Waals surface area contributed by atoms with Gasteiger partial charge in [-0.15, -0.1) is 0 Å². The van der Waals surface area contributed by atoms with Gasteiger partial charge in [-0.05, 0) is 38.6 Å². The van der Waals surface area contributed by atoms with Crippen LogP contribution in [-0.2, 0) is 4.79 Å². The molecule has 0 aromatic heterocycles. The molecule has 15 heavy (non-hydrogen) atoms. The lowest BCUT2D eigenvalue weighted by molar-refractivity contribution is -0.122. The van der Waals surface area contributed by atoms with Crippen molar-refractivity contribution in [3.8, 4) is 0 Å². The Hall–Kier alpha value is -0.410. The predicted octanol–water partition coefficient (Wildman–Crippen LogP) is 1.34. The molecule has 0 aromatic carbocycles. The van der Waals surface area contributed by atoms with E-state index in [1.165, 1.54) is 19.3 Å². The summed E-state index contributed by atoms with van der Waals surface area (Å²) in [5.74, 6) is 0.431. The minimum Gasteiger partial charge on any atom is -0.396 e. The van der Waals surface area contributed by atoms with Crippen molar-refractivity contribution in [2.24, 2.45) is 0 Å². The van der Waals surface area contributed by atoms with Gasteiger partial charge >= 0.3 is 0 Å². The molecule has 0 radical (unpaired) electrons. The zero-order valence-electron chi connectivity index (χ0n) is 9.32. The highest BCUT2D eigenvalue weighted by atomic mass is 16.3. The molecular formula is C12H21NO2. The van der Waals surface area contributed by atoms with Crippen molar-refractivity contribution in [1.82, 2.24) is 4.90 Å². The smallest absolute Gasteiger partial charge is 0.134 e. The third-order valence-corrected chi connectivity index (χ3v) is 3.81. The Morgan fingerprint density at radius 3 is 2.93 bits per heavy atom. The number of hydrogen-bond donors (Lipinski definition) is 1. The minimum absolute atomic E-state index is 0.280. The molecule has 1 saturated heterocycles. The van der Waals surface area contributed by atoms with Crippen molar-refractivity contribution in [3.05, 3.63) is 0 Å². The zero-order valence-corrected chi connectivity index (χ0v) is 9.32. The van der Waals surface area contributed by atoms with Crippen LogP contribution in [0, 0.1) is 0 Å². The number of rotatable bonds is 3. The highest BCUT2D eigenvalue weighted by molar-refractivity contribution is 5.79. The third kappa shape index (κ3) is 2.58. The summed E-state index contributed by atoms with van der Waals surface area (Å²) in [7, 11) is 0. The molecule has 0 aromatic rings. The van der Waals surface area contributed by atoms with Crippen LogP contribution in [-0.4, -0.2) is 41.0 Å². The molecule has 3 nitrogen and oxygen atoms in total. The summed E-state index contributed by atoms with van der Waals surface area (Å²) in [6.07, 6.45) is 7.09. The highest BCUT2D eigenvalue weighted by Crippen LogP contribution is 2.29. The number of aliphatic hydroxyl groups is 1. The number of ketones is 1. The van der Waals surface area contributed by atoms with E-state index in [-0.39, 0.29) is 6.61 Å². The van der Waals surface area contributed by atoms with Crippen LogP contribution in [0.1, 0.15) is 44.9 Å². The van der Waals surface area contributed by atoms with Gasteiger partial charge < -0.3 is 5.11 Å². The van der Waals surface area contributed by atoms with Crippen LogP contribution >= 0.6 is 0 Å². The molecule has 86 valence electrons. The molecule has 0 spiro atoms. The van der Waals surface area contributed by atoms with Crippen LogP contribution in [0.2, 0.25) is 0 Å². The second-order valence-electron chi connectivity index (χ2n) is 4.84.